The molecular formula is C23H28F2IN5O2. The lowest BCUT2D eigenvalue weighted by atomic mass is 10.1. The van der Waals surface area contributed by atoms with Gasteiger partial charge in [0.05, 0.1) is 18.3 Å². The Balaban J connectivity index is 0.00000385. The van der Waals surface area contributed by atoms with Crippen LogP contribution < -0.4 is 15.4 Å². The first-order valence-corrected chi connectivity index (χ1v) is 10.4. The number of nitrogens with one attached hydrogen (secondary N) is 2. The van der Waals surface area contributed by atoms with E-state index in [1.165, 1.54) is 17.7 Å². The van der Waals surface area contributed by atoms with E-state index in [1.54, 1.807) is 18.3 Å². The number of hydrogen-bond acceptors (Lipinski definition) is 4. The molecule has 33 heavy (non-hydrogen) atoms. The van der Waals surface area contributed by atoms with Gasteiger partial charge in [0.25, 0.3) is 0 Å². The molecule has 0 bridgehead atoms. The minimum absolute atomic E-state index is 0. The van der Waals surface area contributed by atoms with Crippen molar-refractivity contribution in [3.63, 3.8) is 0 Å². The molecule has 3 rings (SSSR count). The zero-order valence-electron chi connectivity index (χ0n) is 18.2. The molecular weight excluding hydrogens is 543 g/mol. The number of nitrogens with zero attached hydrogens (tertiary/aromatic N) is 3. The Bertz CT molecular complexity index is 968. The summed E-state index contributed by atoms with van der Waals surface area (Å²) in [6.07, 6.45) is 3.59. The van der Waals surface area contributed by atoms with E-state index in [4.69, 9.17) is 0 Å². The predicted molar refractivity (Wildman–Crippen MR) is 135 cm³/mol. The number of benzene rings is 2. The van der Waals surface area contributed by atoms with Gasteiger partial charge in [0, 0.05) is 25.5 Å². The van der Waals surface area contributed by atoms with Gasteiger partial charge in [0.2, 0.25) is 0 Å². The first kappa shape index (κ1) is 26.5. The molecule has 1 heterocycles. The Hall–Kier alpha value is -2.73. The Labute approximate surface area is 208 Å². The highest BCUT2D eigenvalue weighted by Gasteiger charge is 2.09. The topological polar surface area (TPSA) is 83.7 Å². The van der Waals surface area contributed by atoms with Crippen molar-refractivity contribution in [2.45, 2.75) is 26.1 Å². The maximum Gasteiger partial charge on any atom is 0.387 e. The number of alkyl halides is 2. The van der Waals surface area contributed by atoms with Crippen LogP contribution in [0.3, 0.4) is 0 Å². The molecule has 2 aromatic carbocycles. The lowest BCUT2D eigenvalue weighted by Gasteiger charge is -2.14. The molecule has 1 aromatic heterocycles. The minimum atomic E-state index is -2.88. The smallest absolute Gasteiger partial charge is 0.387 e. The number of guanidine groups is 1. The second kappa shape index (κ2) is 13.7. The Morgan fingerprint density at radius 3 is 2.45 bits per heavy atom. The van der Waals surface area contributed by atoms with Crippen LogP contribution in [-0.4, -0.2) is 47.1 Å². The SMILES string of the molecule is CCNC(=NCC(O)c1ccc(OC(F)F)cc1)NCCc1ccc(-n2cccn2)cc1.I. The molecule has 3 aromatic rings. The third-order valence-electron chi connectivity index (χ3n) is 4.67. The van der Waals surface area contributed by atoms with E-state index in [1.807, 2.05) is 36.0 Å². The van der Waals surface area contributed by atoms with E-state index < -0.39 is 12.7 Å². The number of aromatic nitrogens is 2. The summed E-state index contributed by atoms with van der Waals surface area (Å²) in [6, 6.07) is 15.9. The second-order valence-electron chi connectivity index (χ2n) is 6.98. The van der Waals surface area contributed by atoms with Gasteiger partial charge in [-0.05, 0) is 54.8 Å². The van der Waals surface area contributed by atoms with Crippen molar-refractivity contribution in [1.29, 1.82) is 0 Å². The van der Waals surface area contributed by atoms with Crippen molar-refractivity contribution >= 4 is 29.9 Å². The average molecular weight is 571 g/mol. The van der Waals surface area contributed by atoms with E-state index in [9.17, 15) is 13.9 Å². The fraction of sp³-hybridized carbons (Fsp3) is 0.304. The van der Waals surface area contributed by atoms with Gasteiger partial charge in [-0.1, -0.05) is 24.3 Å². The van der Waals surface area contributed by atoms with Crippen molar-refractivity contribution in [3.05, 3.63) is 78.1 Å². The summed E-state index contributed by atoms with van der Waals surface area (Å²) in [5.74, 6) is 0.643. The van der Waals surface area contributed by atoms with Gasteiger partial charge in [0.15, 0.2) is 5.96 Å². The fourth-order valence-electron chi connectivity index (χ4n) is 3.06. The highest BCUT2D eigenvalue weighted by atomic mass is 127. The van der Waals surface area contributed by atoms with Crippen LogP contribution in [0.4, 0.5) is 8.78 Å². The van der Waals surface area contributed by atoms with Crippen LogP contribution in [0, 0.1) is 0 Å². The van der Waals surface area contributed by atoms with E-state index in [-0.39, 0.29) is 36.3 Å². The summed E-state index contributed by atoms with van der Waals surface area (Å²) in [7, 11) is 0. The number of ether oxygens (including phenoxy) is 1. The highest BCUT2D eigenvalue weighted by Crippen LogP contribution is 2.19. The van der Waals surface area contributed by atoms with Crippen LogP contribution >= 0.6 is 24.0 Å². The molecule has 0 aliphatic rings. The number of rotatable bonds is 10. The zero-order valence-corrected chi connectivity index (χ0v) is 20.5. The number of hydrogen-bond donors (Lipinski definition) is 3. The van der Waals surface area contributed by atoms with Gasteiger partial charge in [-0.25, -0.2) is 4.68 Å². The molecule has 3 N–H and O–H groups in total. The number of aliphatic imine (C=N–C) groups is 1. The summed E-state index contributed by atoms with van der Waals surface area (Å²) in [5.41, 5.74) is 2.75. The summed E-state index contributed by atoms with van der Waals surface area (Å²) in [5, 5.41) is 21.0. The third-order valence-corrected chi connectivity index (χ3v) is 4.67. The first-order valence-electron chi connectivity index (χ1n) is 10.4. The monoisotopic (exact) mass is 571 g/mol. The summed E-state index contributed by atoms with van der Waals surface area (Å²) in [6.45, 7) is 0.563. The van der Waals surface area contributed by atoms with Gasteiger partial charge < -0.3 is 20.5 Å². The molecule has 7 nitrogen and oxygen atoms in total. The van der Waals surface area contributed by atoms with Crippen LogP contribution in [0.2, 0.25) is 0 Å². The molecule has 0 aliphatic carbocycles. The first-order chi connectivity index (χ1) is 15.5. The van der Waals surface area contributed by atoms with Gasteiger partial charge in [-0.3, -0.25) is 4.99 Å². The lowest BCUT2D eigenvalue weighted by molar-refractivity contribution is -0.0498. The average Bonchev–Trinajstić information content (AvgIpc) is 3.33. The molecule has 1 unspecified atom stereocenters. The Morgan fingerprint density at radius 1 is 1.12 bits per heavy atom. The largest absolute Gasteiger partial charge is 0.435 e. The third kappa shape index (κ3) is 8.61. The van der Waals surface area contributed by atoms with E-state index >= 15 is 0 Å². The van der Waals surface area contributed by atoms with Gasteiger partial charge in [-0.2, -0.15) is 13.9 Å². The maximum atomic E-state index is 12.2. The molecule has 178 valence electrons. The Kier molecular flexibility index (Phi) is 11.0. The number of aliphatic hydroxyl groups is 1. The number of halogens is 3. The van der Waals surface area contributed by atoms with Crippen molar-refractivity contribution in [2.75, 3.05) is 19.6 Å². The van der Waals surface area contributed by atoms with Crippen molar-refractivity contribution < 1.29 is 18.6 Å². The van der Waals surface area contributed by atoms with E-state index in [2.05, 4.69) is 37.6 Å². The van der Waals surface area contributed by atoms with Crippen LogP contribution in [0.1, 0.15) is 24.2 Å². The van der Waals surface area contributed by atoms with Crippen LogP contribution in [-0.2, 0) is 6.42 Å². The van der Waals surface area contributed by atoms with Crippen LogP contribution in [0.15, 0.2) is 72.0 Å². The number of aliphatic hydroxyl groups excluding tert-OH is 1. The molecule has 0 saturated carbocycles. The normalized spacial score (nSPS) is 12.2. The molecule has 10 heteroatoms. The molecule has 0 radical (unpaired) electrons. The van der Waals surface area contributed by atoms with E-state index in [0.717, 1.165) is 12.1 Å². The summed E-state index contributed by atoms with van der Waals surface area (Å²) >= 11 is 0. The summed E-state index contributed by atoms with van der Waals surface area (Å²) in [4.78, 5) is 4.42. The zero-order chi connectivity index (χ0) is 22.8. The molecule has 0 saturated heterocycles. The van der Waals surface area contributed by atoms with Crippen LogP contribution in [0.5, 0.6) is 5.75 Å². The summed E-state index contributed by atoms with van der Waals surface area (Å²) < 4.78 is 30.6. The predicted octanol–water partition coefficient (Wildman–Crippen LogP) is 3.92. The Morgan fingerprint density at radius 2 is 1.85 bits per heavy atom. The molecule has 0 spiro atoms. The maximum absolute atomic E-state index is 12.2. The minimum Gasteiger partial charge on any atom is -0.435 e. The fourth-order valence-corrected chi connectivity index (χ4v) is 3.06. The molecule has 0 amide bonds. The van der Waals surface area contributed by atoms with E-state index in [0.29, 0.717) is 24.6 Å². The van der Waals surface area contributed by atoms with Crippen molar-refractivity contribution in [2.24, 2.45) is 4.99 Å². The van der Waals surface area contributed by atoms with Gasteiger partial charge in [0.1, 0.15) is 5.75 Å². The van der Waals surface area contributed by atoms with Crippen molar-refractivity contribution in [1.82, 2.24) is 20.4 Å². The highest BCUT2D eigenvalue weighted by molar-refractivity contribution is 14.0. The lowest BCUT2D eigenvalue weighted by Crippen LogP contribution is -2.38. The molecule has 0 aliphatic heterocycles. The second-order valence-corrected chi connectivity index (χ2v) is 6.98. The van der Waals surface area contributed by atoms with Gasteiger partial charge in [-0.15, -0.1) is 24.0 Å². The molecule has 0 fully saturated rings. The quantitative estimate of drug-likeness (QED) is 0.195. The standard InChI is InChI=1S/C23H27F2N5O2.HI/c1-2-26-23(28-16-21(31)18-6-10-20(11-7-18)32-22(24)25)27-14-12-17-4-8-19(9-5-17)30-15-3-13-29-30;/h3-11,13,15,21-22,31H,2,12,14,16H2,1H3,(H2,26,27,28);1H. The van der Waals surface area contributed by atoms with Crippen LogP contribution in [0.25, 0.3) is 5.69 Å². The van der Waals surface area contributed by atoms with Crippen molar-refractivity contribution in [3.8, 4) is 11.4 Å². The van der Waals surface area contributed by atoms with Gasteiger partial charge >= 0.3 is 6.61 Å². The molecule has 1 atom stereocenters.